The van der Waals surface area contributed by atoms with E-state index in [-0.39, 0.29) is 36.2 Å². The first-order valence-corrected chi connectivity index (χ1v) is 8.61. The highest BCUT2D eigenvalue weighted by Gasteiger charge is 2.30. The molecule has 5 nitrogen and oxygen atoms in total. The van der Waals surface area contributed by atoms with Gasteiger partial charge in [-0.15, -0.1) is 12.4 Å². The lowest BCUT2D eigenvalue weighted by molar-refractivity contribution is -0.151. The Morgan fingerprint density at radius 2 is 2.24 bits per heavy atom. The summed E-state index contributed by atoms with van der Waals surface area (Å²) in [5.74, 6) is 2.00. The summed E-state index contributed by atoms with van der Waals surface area (Å²) in [6, 6.07) is 0.282. The smallest absolute Gasteiger partial charge is 0.310 e. The van der Waals surface area contributed by atoms with Gasteiger partial charge in [0, 0.05) is 43.6 Å². The Morgan fingerprint density at radius 1 is 1.43 bits per heavy atom. The summed E-state index contributed by atoms with van der Waals surface area (Å²) in [6.45, 7) is 4.50. The lowest BCUT2D eigenvalue weighted by atomic mass is 9.97. The average molecular weight is 337 g/mol. The van der Waals surface area contributed by atoms with Crippen molar-refractivity contribution in [3.8, 4) is 0 Å². The van der Waals surface area contributed by atoms with Gasteiger partial charge in [0.1, 0.15) is 0 Å². The Labute approximate surface area is 136 Å². The number of rotatable bonds is 4. The van der Waals surface area contributed by atoms with E-state index >= 15 is 0 Å². The van der Waals surface area contributed by atoms with Crippen molar-refractivity contribution in [1.82, 2.24) is 10.2 Å². The number of nitrogens with zero attached hydrogens (tertiary/aromatic N) is 1. The fraction of sp³-hybridized carbons (Fsp3) is 0.857. The van der Waals surface area contributed by atoms with Crippen molar-refractivity contribution in [2.45, 2.75) is 32.2 Å². The molecule has 0 saturated carbocycles. The predicted octanol–water partition coefficient (Wildman–Crippen LogP) is 1.31. The van der Waals surface area contributed by atoms with E-state index < -0.39 is 0 Å². The van der Waals surface area contributed by atoms with E-state index in [9.17, 15) is 9.59 Å². The number of piperidine rings is 1. The molecule has 0 radical (unpaired) electrons. The van der Waals surface area contributed by atoms with Crippen molar-refractivity contribution in [2.24, 2.45) is 5.92 Å². The van der Waals surface area contributed by atoms with Gasteiger partial charge in [-0.2, -0.15) is 11.8 Å². The molecule has 2 atom stereocenters. The lowest BCUT2D eigenvalue weighted by Crippen LogP contribution is -2.46. The van der Waals surface area contributed by atoms with Crippen LogP contribution >= 0.6 is 24.2 Å². The highest BCUT2D eigenvalue weighted by molar-refractivity contribution is 7.99. The predicted molar refractivity (Wildman–Crippen MR) is 86.9 cm³/mol. The molecule has 2 aliphatic heterocycles. The molecule has 2 heterocycles. The van der Waals surface area contributed by atoms with Gasteiger partial charge >= 0.3 is 5.97 Å². The highest BCUT2D eigenvalue weighted by atomic mass is 35.5. The van der Waals surface area contributed by atoms with Gasteiger partial charge < -0.3 is 15.0 Å². The molecule has 1 N–H and O–H groups in total. The summed E-state index contributed by atoms with van der Waals surface area (Å²) in [5, 5.41) is 3.38. The lowest BCUT2D eigenvalue weighted by Gasteiger charge is -2.33. The summed E-state index contributed by atoms with van der Waals surface area (Å²) in [7, 11) is 0. The molecule has 0 spiro atoms. The molecular weight excluding hydrogens is 312 g/mol. The SMILES string of the molecule is CCOC(=O)C1CCCN(C(=O)CC2CSCCN2)C1.Cl. The van der Waals surface area contributed by atoms with Gasteiger partial charge in [0.2, 0.25) is 5.91 Å². The molecule has 0 aromatic carbocycles. The standard InChI is InChI=1S/C14H24N2O3S.ClH/c1-2-19-14(18)11-4-3-6-16(9-11)13(17)8-12-10-20-7-5-15-12;/h11-12,15H,2-10H2,1H3;1H. The molecule has 2 saturated heterocycles. The van der Waals surface area contributed by atoms with Crippen LogP contribution in [-0.4, -0.2) is 60.6 Å². The number of hydrogen-bond donors (Lipinski definition) is 1. The number of thioether (sulfide) groups is 1. The molecular formula is C14H25ClN2O3S. The van der Waals surface area contributed by atoms with Crippen molar-refractivity contribution in [3.05, 3.63) is 0 Å². The van der Waals surface area contributed by atoms with Gasteiger partial charge in [0.15, 0.2) is 0 Å². The molecule has 7 heteroatoms. The molecule has 2 fully saturated rings. The number of carbonyl (C=O) groups excluding carboxylic acids is 2. The Kier molecular flexibility index (Phi) is 8.44. The molecule has 0 aliphatic carbocycles. The molecule has 0 bridgehead atoms. The number of hydrogen-bond acceptors (Lipinski definition) is 5. The third kappa shape index (κ3) is 5.68. The summed E-state index contributed by atoms with van der Waals surface area (Å²) >= 11 is 1.90. The van der Waals surface area contributed by atoms with E-state index in [1.54, 1.807) is 0 Å². The molecule has 21 heavy (non-hydrogen) atoms. The minimum absolute atomic E-state index is 0. The first-order chi connectivity index (χ1) is 9.70. The number of likely N-dealkylation sites (tertiary alicyclic amines) is 1. The molecule has 0 aromatic heterocycles. The maximum atomic E-state index is 12.3. The number of ether oxygens (including phenoxy) is 1. The number of halogens is 1. The van der Waals surface area contributed by atoms with Gasteiger partial charge in [-0.05, 0) is 19.8 Å². The Balaban J connectivity index is 0.00000220. The van der Waals surface area contributed by atoms with Crippen LogP contribution in [0.25, 0.3) is 0 Å². The minimum atomic E-state index is -0.156. The van der Waals surface area contributed by atoms with Crippen LogP contribution in [-0.2, 0) is 14.3 Å². The molecule has 2 rings (SSSR count). The second-order valence-corrected chi connectivity index (χ2v) is 6.51. The van der Waals surface area contributed by atoms with Gasteiger partial charge in [-0.25, -0.2) is 0 Å². The monoisotopic (exact) mass is 336 g/mol. The fourth-order valence-corrected chi connectivity index (χ4v) is 3.70. The van der Waals surface area contributed by atoms with Crippen molar-refractivity contribution >= 4 is 36.0 Å². The quantitative estimate of drug-likeness (QED) is 0.784. The normalized spacial score (nSPS) is 25.9. The first kappa shape index (κ1) is 18.6. The minimum Gasteiger partial charge on any atom is -0.466 e. The Hall–Kier alpha value is -0.460. The topological polar surface area (TPSA) is 58.6 Å². The zero-order chi connectivity index (χ0) is 14.4. The van der Waals surface area contributed by atoms with E-state index in [0.717, 1.165) is 37.4 Å². The van der Waals surface area contributed by atoms with Crippen LogP contribution in [0.3, 0.4) is 0 Å². The third-order valence-corrected chi connectivity index (χ3v) is 4.94. The molecule has 2 aliphatic rings. The third-order valence-electron chi connectivity index (χ3n) is 3.81. The van der Waals surface area contributed by atoms with E-state index in [1.807, 2.05) is 23.6 Å². The van der Waals surface area contributed by atoms with Gasteiger partial charge in [-0.1, -0.05) is 0 Å². The average Bonchev–Trinajstić information content (AvgIpc) is 2.48. The van der Waals surface area contributed by atoms with Crippen molar-refractivity contribution in [3.63, 3.8) is 0 Å². The van der Waals surface area contributed by atoms with Gasteiger partial charge in [-0.3, -0.25) is 9.59 Å². The number of carbonyl (C=O) groups is 2. The second-order valence-electron chi connectivity index (χ2n) is 5.36. The zero-order valence-corrected chi connectivity index (χ0v) is 14.1. The summed E-state index contributed by atoms with van der Waals surface area (Å²) in [6.07, 6.45) is 2.27. The maximum Gasteiger partial charge on any atom is 0.310 e. The van der Waals surface area contributed by atoms with Crippen molar-refractivity contribution in [2.75, 3.05) is 37.7 Å². The van der Waals surface area contributed by atoms with Crippen LogP contribution in [0.15, 0.2) is 0 Å². The van der Waals surface area contributed by atoms with E-state index in [2.05, 4.69) is 5.32 Å². The Bertz CT molecular complexity index is 351. The van der Waals surface area contributed by atoms with Crippen molar-refractivity contribution < 1.29 is 14.3 Å². The molecule has 1 amide bonds. The largest absolute Gasteiger partial charge is 0.466 e. The maximum absolute atomic E-state index is 12.3. The summed E-state index contributed by atoms with van der Waals surface area (Å²) in [4.78, 5) is 25.9. The number of nitrogens with one attached hydrogen (secondary N) is 1. The van der Waals surface area contributed by atoms with Crippen LogP contribution in [0.1, 0.15) is 26.2 Å². The van der Waals surface area contributed by atoms with Gasteiger partial charge in [0.25, 0.3) is 0 Å². The summed E-state index contributed by atoms with van der Waals surface area (Å²) < 4.78 is 5.07. The van der Waals surface area contributed by atoms with Crippen LogP contribution in [0.4, 0.5) is 0 Å². The zero-order valence-electron chi connectivity index (χ0n) is 12.5. The van der Waals surface area contributed by atoms with E-state index in [1.165, 1.54) is 0 Å². The fourth-order valence-electron chi connectivity index (χ4n) is 2.75. The number of esters is 1. The summed E-state index contributed by atoms with van der Waals surface area (Å²) in [5.41, 5.74) is 0. The Morgan fingerprint density at radius 3 is 2.90 bits per heavy atom. The van der Waals surface area contributed by atoms with Crippen LogP contribution < -0.4 is 5.32 Å². The van der Waals surface area contributed by atoms with E-state index in [0.29, 0.717) is 19.6 Å². The van der Waals surface area contributed by atoms with Crippen LogP contribution in [0.2, 0.25) is 0 Å². The molecule has 0 aromatic rings. The van der Waals surface area contributed by atoms with Crippen molar-refractivity contribution in [1.29, 1.82) is 0 Å². The first-order valence-electron chi connectivity index (χ1n) is 7.46. The number of amides is 1. The van der Waals surface area contributed by atoms with Crippen LogP contribution in [0, 0.1) is 5.92 Å². The van der Waals surface area contributed by atoms with Crippen LogP contribution in [0.5, 0.6) is 0 Å². The second kappa shape index (κ2) is 9.54. The highest BCUT2D eigenvalue weighted by Crippen LogP contribution is 2.20. The molecule has 122 valence electrons. The molecule has 2 unspecified atom stereocenters. The van der Waals surface area contributed by atoms with Gasteiger partial charge in [0.05, 0.1) is 12.5 Å². The van der Waals surface area contributed by atoms with E-state index in [4.69, 9.17) is 4.74 Å².